The van der Waals surface area contributed by atoms with Gasteiger partial charge in [0.15, 0.2) is 0 Å². The van der Waals surface area contributed by atoms with Crippen LogP contribution in [0.3, 0.4) is 0 Å². The average molecular weight is 386 g/mol. The highest BCUT2D eigenvalue weighted by atomic mass is 32.2. The van der Waals surface area contributed by atoms with E-state index >= 15 is 0 Å². The molecule has 0 unspecified atom stereocenters. The van der Waals surface area contributed by atoms with E-state index in [9.17, 15) is 26.3 Å². The molecular weight excluding hydrogens is 370 g/mol. The molecule has 0 heterocycles. The Balaban J connectivity index is 3.26. The third-order valence-corrected chi connectivity index (χ3v) is 3.77. The largest absolute Gasteiger partial charge is 0.468 e. The van der Waals surface area contributed by atoms with Gasteiger partial charge >= 0.3 is 18.0 Å². The van der Waals surface area contributed by atoms with E-state index in [0.717, 1.165) is 18.4 Å². The number of ether oxygens (including phenoxy) is 2. The van der Waals surface area contributed by atoms with E-state index in [2.05, 4.69) is 17.9 Å². The van der Waals surface area contributed by atoms with Gasteiger partial charge in [-0.1, -0.05) is 19.2 Å². The van der Waals surface area contributed by atoms with Crippen LogP contribution in [0.15, 0.2) is 48.8 Å². The Kier molecular flexibility index (Phi) is 6.50. The number of hydrogen-bond acceptors (Lipinski definition) is 3. The van der Waals surface area contributed by atoms with Crippen molar-refractivity contribution in [3.8, 4) is 11.5 Å². The monoisotopic (exact) mass is 386 g/mol. The third-order valence-electron chi connectivity index (χ3n) is 3.08. The molecule has 2 nitrogen and oxygen atoms in total. The Hall–Kier alpha value is -1.77. The van der Waals surface area contributed by atoms with Gasteiger partial charge < -0.3 is 9.47 Å². The first-order valence-corrected chi connectivity index (χ1v) is 8.17. The minimum absolute atomic E-state index is 0.0205. The van der Waals surface area contributed by atoms with Crippen LogP contribution < -0.4 is 9.47 Å². The van der Waals surface area contributed by atoms with Gasteiger partial charge in [-0.05, 0) is 30.9 Å². The maximum atomic E-state index is 13.2. The number of allylic oxidation sites excluding steroid dienone is 1. The van der Waals surface area contributed by atoms with Crippen molar-refractivity contribution in [3.05, 3.63) is 48.8 Å². The standard InChI is InChI=1S/C16H16F6O2S/c1-10(2)11(3)23-12-6-5-7-13(8-12)24-14(9-25-4,15(17,18)19)16(20,21)22/h5-8H,1,3,9H2,2,4H3. The molecule has 0 aromatic heterocycles. The molecular formula is C16H16F6O2S. The fraction of sp³-hybridized carbons (Fsp3) is 0.375. The van der Waals surface area contributed by atoms with Crippen LogP contribution in [0.1, 0.15) is 6.92 Å². The fourth-order valence-corrected chi connectivity index (χ4v) is 2.50. The minimum Gasteiger partial charge on any atom is -0.468 e. The Morgan fingerprint density at radius 3 is 2.00 bits per heavy atom. The molecule has 0 N–H and O–H groups in total. The van der Waals surface area contributed by atoms with Crippen molar-refractivity contribution >= 4 is 11.8 Å². The van der Waals surface area contributed by atoms with Crippen molar-refractivity contribution in [3.63, 3.8) is 0 Å². The van der Waals surface area contributed by atoms with E-state index in [1.165, 1.54) is 12.1 Å². The smallest absolute Gasteiger partial charge is 0.438 e. The van der Waals surface area contributed by atoms with E-state index in [0.29, 0.717) is 17.3 Å². The summed E-state index contributed by atoms with van der Waals surface area (Å²) >= 11 is 0.378. The maximum Gasteiger partial charge on any atom is 0.438 e. The predicted molar refractivity (Wildman–Crippen MR) is 84.9 cm³/mol. The summed E-state index contributed by atoms with van der Waals surface area (Å²) in [6.07, 6.45) is -10.2. The summed E-state index contributed by atoms with van der Waals surface area (Å²) in [6.45, 7) is 8.68. The molecule has 0 saturated carbocycles. The van der Waals surface area contributed by atoms with Crippen LogP contribution in [-0.4, -0.2) is 30.0 Å². The number of benzene rings is 1. The zero-order valence-corrected chi connectivity index (χ0v) is 14.2. The number of thioether (sulfide) groups is 1. The molecule has 0 aliphatic heterocycles. The number of alkyl halides is 6. The zero-order chi connectivity index (χ0) is 19.5. The molecule has 0 aliphatic carbocycles. The van der Waals surface area contributed by atoms with E-state index in [-0.39, 0.29) is 11.5 Å². The summed E-state index contributed by atoms with van der Waals surface area (Å²) in [5.41, 5.74) is -3.88. The van der Waals surface area contributed by atoms with Gasteiger partial charge in [-0.2, -0.15) is 38.1 Å². The van der Waals surface area contributed by atoms with E-state index in [4.69, 9.17) is 4.74 Å². The van der Waals surface area contributed by atoms with Gasteiger partial charge in [0.1, 0.15) is 17.3 Å². The van der Waals surface area contributed by atoms with Crippen molar-refractivity contribution in [1.82, 2.24) is 0 Å². The summed E-state index contributed by atoms with van der Waals surface area (Å²) in [6, 6.07) is 4.48. The molecule has 0 spiro atoms. The van der Waals surface area contributed by atoms with Gasteiger partial charge in [-0.15, -0.1) is 0 Å². The van der Waals surface area contributed by atoms with Gasteiger partial charge in [0.2, 0.25) is 0 Å². The Morgan fingerprint density at radius 2 is 1.56 bits per heavy atom. The first-order chi connectivity index (χ1) is 11.3. The Labute approximate surface area is 145 Å². The molecule has 0 amide bonds. The average Bonchev–Trinajstić information content (AvgIpc) is 2.44. The first-order valence-electron chi connectivity index (χ1n) is 6.78. The van der Waals surface area contributed by atoms with Crippen molar-refractivity contribution in [2.75, 3.05) is 12.0 Å². The molecule has 1 aromatic carbocycles. The predicted octanol–water partition coefficient (Wildman–Crippen LogP) is 5.76. The van der Waals surface area contributed by atoms with Crippen LogP contribution in [0.2, 0.25) is 0 Å². The molecule has 0 radical (unpaired) electrons. The summed E-state index contributed by atoms with van der Waals surface area (Å²) in [4.78, 5) is 0. The second kappa shape index (κ2) is 7.63. The van der Waals surface area contributed by atoms with Gasteiger partial charge in [-0.25, -0.2) is 0 Å². The third kappa shape index (κ3) is 4.87. The van der Waals surface area contributed by atoms with Crippen LogP contribution in [0.25, 0.3) is 0 Å². The van der Waals surface area contributed by atoms with Crippen LogP contribution in [0.5, 0.6) is 11.5 Å². The van der Waals surface area contributed by atoms with E-state index in [1.807, 2.05) is 0 Å². The minimum atomic E-state index is -5.66. The lowest BCUT2D eigenvalue weighted by atomic mass is 10.1. The highest BCUT2D eigenvalue weighted by Crippen LogP contribution is 2.47. The van der Waals surface area contributed by atoms with Crippen LogP contribution in [0.4, 0.5) is 26.3 Å². The molecule has 9 heteroatoms. The second-order valence-electron chi connectivity index (χ2n) is 5.14. The van der Waals surface area contributed by atoms with Crippen LogP contribution >= 0.6 is 11.8 Å². The summed E-state index contributed by atoms with van der Waals surface area (Å²) in [5.74, 6) is -1.87. The van der Waals surface area contributed by atoms with Gasteiger partial charge in [0.05, 0.1) is 5.75 Å². The summed E-state index contributed by atoms with van der Waals surface area (Å²) in [5, 5.41) is 0. The van der Waals surface area contributed by atoms with Gasteiger partial charge in [0, 0.05) is 6.07 Å². The lowest BCUT2D eigenvalue weighted by molar-refractivity contribution is -0.348. The van der Waals surface area contributed by atoms with E-state index < -0.39 is 29.5 Å². The number of hydrogen-bond donors (Lipinski definition) is 0. The molecule has 140 valence electrons. The fourth-order valence-electron chi connectivity index (χ4n) is 1.70. The maximum absolute atomic E-state index is 13.2. The van der Waals surface area contributed by atoms with E-state index in [1.54, 1.807) is 6.92 Å². The quantitative estimate of drug-likeness (QED) is 0.337. The highest BCUT2D eigenvalue weighted by Gasteiger charge is 2.73. The normalized spacial score (nSPS) is 12.6. The highest BCUT2D eigenvalue weighted by molar-refractivity contribution is 7.98. The van der Waals surface area contributed by atoms with Crippen molar-refractivity contribution in [2.24, 2.45) is 0 Å². The molecule has 0 atom stereocenters. The van der Waals surface area contributed by atoms with Crippen molar-refractivity contribution in [1.29, 1.82) is 0 Å². The van der Waals surface area contributed by atoms with Crippen molar-refractivity contribution < 1.29 is 35.8 Å². The molecule has 0 bridgehead atoms. The Bertz CT molecular complexity index is 622. The lowest BCUT2D eigenvalue weighted by Crippen LogP contribution is -2.63. The second-order valence-corrected chi connectivity index (χ2v) is 6.00. The molecule has 1 rings (SSSR count). The number of rotatable bonds is 7. The van der Waals surface area contributed by atoms with Crippen LogP contribution in [0, 0.1) is 0 Å². The van der Waals surface area contributed by atoms with Gasteiger partial charge in [0.25, 0.3) is 0 Å². The molecule has 0 saturated heterocycles. The molecule has 0 fully saturated rings. The molecule has 25 heavy (non-hydrogen) atoms. The van der Waals surface area contributed by atoms with Crippen LogP contribution in [-0.2, 0) is 0 Å². The topological polar surface area (TPSA) is 18.5 Å². The number of halogens is 6. The lowest BCUT2D eigenvalue weighted by Gasteiger charge is -2.36. The Morgan fingerprint density at radius 1 is 1.04 bits per heavy atom. The molecule has 1 aromatic rings. The molecule has 0 aliphatic rings. The van der Waals surface area contributed by atoms with Gasteiger partial charge in [-0.3, -0.25) is 0 Å². The zero-order valence-electron chi connectivity index (χ0n) is 13.4. The summed E-state index contributed by atoms with van der Waals surface area (Å²) < 4.78 is 89.1. The van der Waals surface area contributed by atoms with Crippen molar-refractivity contribution in [2.45, 2.75) is 24.9 Å². The first kappa shape index (κ1) is 21.3. The summed E-state index contributed by atoms with van der Waals surface area (Å²) in [7, 11) is 0. The SMILES string of the molecule is C=C(C)C(=C)Oc1cccc(OC(CSC)(C(F)(F)F)C(F)(F)F)c1.